The van der Waals surface area contributed by atoms with Gasteiger partial charge in [-0.3, -0.25) is 0 Å². The number of hydrogen-bond donors (Lipinski definition) is 2. The Morgan fingerprint density at radius 1 is 1.44 bits per heavy atom. The molecule has 1 aliphatic heterocycles. The van der Waals surface area contributed by atoms with Crippen LogP contribution in [-0.2, 0) is 0 Å². The molecule has 1 fully saturated rings. The van der Waals surface area contributed by atoms with Gasteiger partial charge in [0, 0.05) is 17.2 Å². The molecule has 0 amide bonds. The Kier molecular flexibility index (Phi) is 3.06. The molecule has 1 aromatic rings. The van der Waals surface area contributed by atoms with Gasteiger partial charge >= 0.3 is 0 Å². The number of hydrogen-bond acceptors (Lipinski definition) is 3. The van der Waals surface area contributed by atoms with Crippen LogP contribution in [-0.4, -0.2) is 18.8 Å². The Morgan fingerprint density at radius 2 is 2.19 bits per heavy atom. The van der Waals surface area contributed by atoms with Gasteiger partial charge in [0.2, 0.25) is 0 Å². The van der Waals surface area contributed by atoms with E-state index in [4.69, 9.17) is 4.74 Å². The van der Waals surface area contributed by atoms with Crippen LogP contribution in [0.5, 0.6) is 11.5 Å². The van der Waals surface area contributed by atoms with Crippen molar-refractivity contribution in [3.63, 3.8) is 0 Å². The van der Waals surface area contributed by atoms with Crippen molar-refractivity contribution in [1.29, 1.82) is 0 Å². The number of aryl methyl sites for hydroxylation is 1. The average molecular weight is 221 g/mol. The highest BCUT2D eigenvalue weighted by Crippen LogP contribution is 2.39. The van der Waals surface area contributed by atoms with Crippen molar-refractivity contribution >= 4 is 0 Å². The third-order valence-corrected chi connectivity index (χ3v) is 3.38. The second kappa shape index (κ2) is 4.34. The summed E-state index contributed by atoms with van der Waals surface area (Å²) in [6.45, 7) is 4.96. The molecule has 1 atom stereocenters. The van der Waals surface area contributed by atoms with Gasteiger partial charge in [-0.2, -0.15) is 0 Å². The van der Waals surface area contributed by atoms with E-state index in [0.717, 1.165) is 35.4 Å². The molecule has 1 unspecified atom stereocenters. The summed E-state index contributed by atoms with van der Waals surface area (Å²) in [4.78, 5) is 0. The SMILES string of the molecule is COc1cc(C)c(C2CCCN2)c(O)c1C. The minimum absolute atomic E-state index is 0.296. The van der Waals surface area contributed by atoms with E-state index in [1.165, 1.54) is 6.42 Å². The molecule has 2 rings (SSSR count). The molecule has 1 aromatic carbocycles. The highest BCUT2D eigenvalue weighted by Gasteiger charge is 2.23. The van der Waals surface area contributed by atoms with E-state index in [2.05, 4.69) is 5.32 Å². The topological polar surface area (TPSA) is 41.5 Å². The van der Waals surface area contributed by atoms with Gasteiger partial charge in [0.25, 0.3) is 0 Å². The number of benzene rings is 1. The first-order chi connectivity index (χ1) is 7.65. The highest BCUT2D eigenvalue weighted by atomic mass is 16.5. The Morgan fingerprint density at radius 3 is 2.75 bits per heavy atom. The first-order valence-electron chi connectivity index (χ1n) is 5.75. The molecule has 1 aliphatic rings. The maximum absolute atomic E-state index is 10.2. The molecular weight excluding hydrogens is 202 g/mol. The van der Waals surface area contributed by atoms with Crippen molar-refractivity contribution in [3.05, 3.63) is 22.8 Å². The average Bonchev–Trinajstić information content (AvgIpc) is 2.77. The van der Waals surface area contributed by atoms with Crippen LogP contribution < -0.4 is 10.1 Å². The van der Waals surface area contributed by atoms with E-state index < -0.39 is 0 Å². The second-order valence-electron chi connectivity index (χ2n) is 4.43. The number of methoxy groups -OCH3 is 1. The summed E-state index contributed by atoms with van der Waals surface area (Å²) in [6, 6.07) is 2.30. The summed E-state index contributed by atoms with van der Waals surface area (Å²) in [5.74, 6) is 1.15. The van der Waals surface area contributed by atoms with Gasteiger partial charge < -0.3 is 15.2 Å². The van der Waals surface area contributed by atoms with Crippen molar-refractivity contribution in [2.24, 2.45) is 0 Å². The van der Waals surface area contributed by atoms with E-state index in [1.807, 2.05) is 19.9 Å². The molecule has 16 heavy (non-hydrogen) atoms. The fourth-order valence-corrected chi connectivity index (χ4v) is 2.47. The molecule has 0 spiro atoms. The first kappa shape index (κ1) is 11.3. The minimum Gasteiger partial charge on any atom is -0.507 e. The maximum atomic E-state index is 10.2. The lowest BCUT2D eigenvalue weighted by atomic mass is 9.95. The van der Waals surface area contributed by atoms with E-state index >= 15 is 0 Å². The largest absolute Gasteiger partial charge is 0.507 e. The van der Waals surface area contributed by atoms with Gasteiger partial charge in [-0.15, -0.1) is 0 Å². The lowest BCUT2D eigenvalue weighted by molar-refractivity contribution is 0.398. The summed E-state index contributed by atoms with van der Waals surface area (Å²) >= 11 is 0. The van der Waals surface area contributed by atoms with Crippen LogP contribution >= 0.6 is 0 Å². The van der Waals surface area contributed by atoms with E-state index in [0.29, 0.717) is 11.8 Å². The molecule has 3 heteroatoms. The van der Waals surface area contributed by atoms with E-state index in [-0.39, 0.29) is 0 Å². The molecular formula is C13H19NO2. The first-order valence-corrected chi connectivity index (χ1v) is 5.75. The summed E-state index contributed by atoms with van der Waals surface area (Å²) in [7, 11) is 1.63. The Hall–Kier alpha value is -1.22. The fraction of sp³-hybridized carbons (Fsp3) is 0.538. The number of rotatable bonds is 2. The molecule has 0 radical (unpaired) electrons. The summed E-state index contributed by atoms with van der Waals surface area (Å²) in [6.07, 6.45) is 2.27. The van der Waals surface area contributed by atoms with Gasteiger partial charge in [-0.1, -0.05) is 0 Å². The predicted molar refractivity (Wildman–Crippen MR) is 64.1 cm³/mol. The molecule has 88 valence electrons. The molecule has 0 saturated carbocycles. The zero-order chi connectivity index (χ0) is 11.7. The van der Waals surface area contributed by atoms with Crippen LogP contribution in [0, 0.1) is 13.8 Å². The van der Waals surface area contributed by atoms with Crippen LogP contribution in [0.2, 0.25) is 0 Å². The molecule has 2 N–H and O–H groups in total. The third-order valence-electron chi connectivity index (χ3n) is 3.38. The van der Waals surface area contributed by atoms with Gasteiger partial charge in [0.15, 0.2) is 0 Å². The van der Waals surface area contributed by atoms with E-state index in [1.54, 1.807) is 7.11 Å². The van der Waals surface area contributed by atoms with Crippen molar-refractivity contribution < 1.29 is 9.84 Å². The number of phenols is 1. The molecule has 0 aromatic heterocycles. The number of phenolic OH excluding ortho intramolecular Hbond substituents is 1. The van der Waals surface area contributed by atoms with Crippen LogP contribution in [0.25, 0.3) is 0 Å². The number of nitrogens with one attached hydrogen (secondary N) is 1. The predicted octanol–water partition coefficient (Wildman–Crippen LogP) is 2.44. The zero-order valence-electron chi connectivity index (χ0n) is 10.1. The standard InChI is InChI=1S/C13H19NO2/c1-8-7-11(16-3)9(2)13(15)12(8)10-5-4-6-14-10/h7,10,14-15H,4-6H2,1-3H3. The van der Waals surface area contributed by atoms with Crippen LogP contribution in [0.3, 0.4) is 0 Å². The minimum atomic E-state index is 0.296. The van der Waals surface area contributed by atoms with Crippen molar-refractivity contribution in [2.45, 2.75) is 32.7 Å². The normalized spacial score (nSPS) is 20.1. The van der Waals surface area contributed by atoms with Crippen molar-refractivity contribution in [2.75, 3.05) is 13.7 Å². The monoisotopic (exact) mass is 221 g/mol. The molecule has 3 nitrogen and oxygen atoms in total. The smallest absolute Gasteiger partial charge is 0.127 e. The van der Waals surface area contributed by atoms with Crippen molar-refractivity contribution in [3.8, 4) is 11.5 Å². The summed E-state index contributed by atoms with van der Waals surface area (Å²) in [5.41, 5.74) is 2.96. The lowest BCUT2D eigenvalue weighted by Crippen LogP contribution is -2.14. The van der Waals surface area contributed by atoms with Crippen molar-refractivity contribution in [1.82, 2.24) is 5.32 Å². The summed E-state index contributed by atoms with van der Waals surface area (Å²) in [5, 5.41) is 13.6. The van der Waals surface area contributed by atoms with Gasteiger partial charge in [0.1, 0.15) is 11.5 Å². The Balaban J connectivity index is 2.48. The van der Waals surface area contributed by atoms with E-state index in [9.17, 15) is 5.11 Å². The highest BCUT2D eigenvalue weighted by molar-refractivity contribution is 5.53. The lowest BCUT2D eigenvalue weighted by Gasteiger charge is -2.19. The second-order valence-corrected chi connectivity index (χ2v) is 4.43. The summed E-state index contributed by atoms with van der Waals surface area (Å²) < 4.78 is 5.24. The number of aromatic hydroxyl groups is 1. The fourth-order valence-electron chi connectivity index (χ4n) is 2.47. The molecule has 0 bridgehead atoms. The number of ether oxygens (including phenoxy) is 1. The zero-order valence-corrected chi connectivity index (χ0v) is 10.1. The Bertz CT molecular complexity index is 395. The molecule has 0 aliphatic carbocycles. The van der Waals surface area contributed by atoms with Gasteiger partial charge in [0.05, 0.1) is 7.11 Å². The maximum Gasteiger partial charge on any atom is 0.127 e. The third kappa shape index (κ3) is 1.76. The Labute approximate surface area is 96.4 Å². The van der Waals surface area contributed by atoms with Gasteiger partial charge in [-0.05, 0) is 44.9 Å². The molecule has 1 saturated heterocycles. The van der Waals surface area contributed by atoms with Crippen LogP contribution in [0.1, 0.15) is 35.6 Å². The van der Waals surface area contributed by atoms with Crippen LogP contribution in [0.4, 0.5) is 0 Å². The van der Waals surface area contributed by atoms with Crippen LogP contribution in [0.15, 0.2) is 6.07 Å². The quantitative estimate of drug-likeness (QED) is 0.806. The molecule has 1 heterocycles. The van der Waals surface area contributed by atoms with Gasteiger partial charge in [-0.25, -0.2) is 0 Å².